The van der Waals surface area contributed by atoms with Gasteiger partial charge in [-0.3, -0.25) is 4.79 Å². The molecule has 0 aromatic heterocycles. The Bertz CT molecular complexity index is 1060. The summed E-state index contributed by atoms with van der Waals surface area (Å²) < 4.78 is 5.93. The van der Waals surface area contributed by atoms with Crippen LogP contribution in [0.1, 0.15) is 5.56 Å². The van der Waals surface area contributed by atoms with E-state index in [1.807, 2.05) is 55.5 Å². The van der Waals surface area contributed by atoms with E-state index in [2.05, 4.69) is 0 Å². The monoisotopic (exact) mass is 301 g/mol. The van der Waals surface area contributed by atoms with E-state index in [-0.39, 0.29) is 5.43 Å². The normalized spacial score (nSPS) is 11.2. The van der Waals surface area contributed by atoms with Crippen molar-refractivity contribution in [3.05, 3.63) is 76.5 Å². The maximum Gasteiger partial charge on any atom is 0.182 e. The summed E-state index contributed by atoms with van der Waals surface area (Å²) in [4.78, 5) is 11.7. The van der Waals surface area contributed by atoms with Crippen LogP contribution in [0.5, 0.6) is 0 Å². The summed E-state index contributed by atoms with van der Waals surface area (Å²) in [5, 5.41) is 1.02. The first kappa shape index (κ1) is 13.6. The lowest BCUT2D eigenvalue weighted by molar-refractivity contribution is 0.619. The predicted molar refractivity (Wildman–Crippen MR) is 93.7 cm³/mol. The minimum absolute atomic E-state index is 0.0588. The van der Waals surface area contributed by atoms with Crippen molar-refractivity contribution in [2.45, 2.75) is 6.92 Å². The van der Waals surface area contributed by atoms with Crippen molar-refractivity contribution in [1.82, 2.24) is 0 Å². The molecule has 1 aliphatic carbocycles. The number of hydrogen-bond donors (Lipinski definition) is 1. The van der Waals surface area contributed by atoms with Crippen LogP contribution in [-0.2, 0) is 0 Å². The first-order chi connectivity index (χ1) is 11.1. The highest BCUT2D eigenvalue weighted by molar-refractivity contribution is 6.02. The molecule has 0 atom stereocenters. The molecule has 0 saturated carbocycles. The highest BCUT2D eigenvalue weighted by atomic mass is 16.3. The van der Waals surface area contributed by atoms with E-state index in [0.717, 1.165) is 38.9 Å². The molecule has 0 amide bonds. The molecule has 0 saturated heterocycles. The molecule has 0 unspecified atom stereocenters. The van der Waals surface area contributed by atoms with Gasteiger partial charge in [0.2, 0.25) is 0 Å². The average Bonchev–Trinajstić information content (AvgIpc) is 2.53. The number of nitrogens with two attached hydrogens (primary N) is 1. The van der Waals surface area contributed by atoms with E-state index in [4.69, 9.17) is 10.2 Å². The largest absolute Gasteiger partial charge is 0.456 e. The van der Waals surface area contributed by atoms with Crippen LogP contribution in [0.15, 0.2) is 69.9 Å². The van der Waals surface area contributed by atoms with Crippen LogP contribution in [0.4, 0.5) is 5.69 Å². The molecule has 4 rings (SSSR count). The Balaban J connectivity index is 2.20. The van der Waals surface area contributed by atoms with Crippen molar-refractivity contribution in [2.24, 2.45) is 0 Å². The molecular formula is C20H15NO2. The number of fused-ring (bicyclic) bond motifs is 2. The summed E-state index contributed by atoms with van der Waals surface area (Å²) in [5.41, 5.74) is 11.5. The van der Waals surface area contributed by atoms with Gasteiger partial charge in [-0.2, -0.15) is 0 Å². The van der Waals surface area contributed by atoms with E-state index in [0.29, 0.717) is 5.76 Å². The highest BCUT2D eigenvalue weighted by Crippen LogP contribution is 2.40. The summed E-state index contributed by atoms with van der Waals surface area (Å²) in [5.74, 6) is 0.599. The summed E-state index contributed by atoms with van der Waals surface area (Å²) in [6, 6.07) is 18.7. The molecular weight excluding hydrogens is 286 g/mol. The Labute approximate surface area is 133 Å². The number of nitrogen functional groups attached to an aromatic ring is 1. The van der Waals surface area contributed by atoms with E-state index >= 15 is 0 Å². The van der Waals surface area contributed by atoms with E-state index in [9.17, 15) is 4.79 Å². The molecule has 1 aliphatic heterocycles. The molecule has 23 heavy (non-hydrogen) atoms. The Hall–Kier alpha value is -3.07. The van der Waals surface area contributed by atoms with E-state index in [1.54, 1.807) is 6.07 Å². The van der Waals surface area contributed by atoms with Crippen molar-refractivity contribution in [1.29, 1.82) is 0 Å². The Morgan fingerprint density at radius 1 is 0.913 bits per heavy atom. The first-order valence-corrected chi connectivity index (χ1v) is 7.45. The van der Waals surface area contributed by atoms with Gasteiger partial charge in [-0.1, -0.05) is 24.3 Å². The molecule has 0 fully saturated rings. The molecule has 2 N–H and O–H groups in total. The zero-order chi connectivity index (χ0) is 16.0. The third-order valence-corrected chi connectivity index (χ3v) is 4.12. The molecule has 3 nitrogen and oxygen atoms in total. The lowest BCUT2D eigenvalue weighted by Gasteiger charge is -2.16. The van der Waals surface area contributed by atoms with Gasteiger partial charge in [0.15, 0.2) is 5.43 Å². The number of benzene rings is 3. The summed E-state index contributed by atoms with van der Waals surface area (Å²) in [6.45, 7) is 2.04. The van der Waals surface area contributed by atoms with Crippen LogP contribution >= 0.6 is 0 Å². The van der Waals surface area contributed by atoms with Gasteiger partial charge in [0.25, 0.3) is 0 Å². The Morgan fingerprint density at radius 3 is 2.52 bits per heavy atom. The van der Waals surface area contributed by atoms with Crippen LogP contribution in [-0.4, -0.2) is 0 Å². The third kappa shape index (κ3) is 2.18. The van der Waals surface area contributed by atoms with E-state index < -0.39 is 0 Å². The molecule has 0 spiro atoms. The number of rotatable bonds is 1. The second-order valence-corrected chi connectivity index (χ2v) is 5.71. The Morgan fingerprint density at radius 2 is 1.70 bits per heavy atom. The number of anilines is 1. The highest BCUT2D eigenvalue weighted by Gasteiger charge is 2.18. The van der Waals surface area contributed by atoms with Gasteiger partial charge >= 0.3 is 0 Å². The van der Waals surface area contributed by atoms with Crippen LogP contribution in [0, 0.1) is 6.92 Å². The van der Waals surface area contributed by atoms with Crippen molar-refractivity contribution < 1.29 is 4.42 Å². The van der Waals surface area contributed by atoms with Crippen LogP contribution in [0.25, 0.3) is 33.4 Å². The van der Waals surface area contributed by atoms with Crippen LogP contribution in [0.3, 0.4) is 0 Å². The zero-order valence-corrected chi connectivity index (χ0v) is 12.7. The lowest BCUT2D eigenvalue weighted by Crippen LogP contribution is -2.00. The Kier molecular flexibility index (Phi) is 2.95. The summed E-state index contributed by atoms with van der Waals surface area (Å²) in [6.07, 6.45) is 0. The third-order valence-electron chi connectivity index (χ3n) is 4.12. The average molecular weight is 301 g/mol. The fraction of sp³-hybridized carbons (Fsp3) is 0.0500. The maximum absolute atomic E-state index is 11.7. The van der Waals surface area contributed by atoms with Gasteiger partial charge < -0.3 is 10.2 Å². The van der Waals surface area contributed by atoms with Gasteiger partial charge in [-0.05, 0) is 48.4 Å². The zero-order valence-electron chi connectivity index (χ0n) is 12.7. The maximum atomic E-state index is 11.7. The summed E-state index contributed by atoms with van der Waals surface area (Å²) in [7, 11) is 0. The van der Waals surface area contributed by atoms with Crippen molar-refractivity contribution in [3.63, 3.8) is 0 Å². The van der Waals surface area contributed by atoms with Gasteiger partial charge in [0, 0.05) is 28.3 Å². The van der Waals surface area contributed by atoms with Crippen molar-refractivity contribution in [3.8, 4) is 22.5 Å². The molecule has 1 heterocycles. The second kappa shape index (κ2) is 4.99. The minimum Gasteiger partial charge on any atom is -0.456 e. The van der Waals surface area contributed by atoms with E-state index in [1.165, 1.54) is 6.07 Å². The summed E-state index contributed by atoms with van der Waals surface area (Å²) >= 11 is 0. The molecule has 2 aromatic rings. The standard InChI is InChI=1S/C20H15NO2/c1-12-10-13(21)6-8-15(12)20-16-4-2-3-5-18(16)23-19-11-14(22)7-9-17(19)20/h2-11H,21H2,1H3. The smallest absolute Gasteiger partial charge is 0.182 e. The number of hydrogen-bond acceptors (Lipinski definition) is 3. The van der Waals surface area contributed by atoms with Crippen molar-refractivity contribution in [2.75, 3.05) is 5.73 Å². The molecule has 112 valence electrons. The van der Waals surface area contributed by atoms with Gasteiger partial charge in [0.05, 0.1) is 0 Å². The molecule has 2 aromatic carbocycles. The lowest BCUT2D eigenvalue weighted by atomic mass is 9.91. The topological polar surface area (TPSA) is 56.2 Å². The van der Waals surface area contributed by atoms with Crippen LogP contribution in [0.2, 0.25) is 0 Å². The van der Waals surface area contributed by atoms with Gasteiger partial charge in [0.1, 0.15) is 11.3 Å². The quantitative estimate of drug-likeness (QED) is 0.417. The number of para-hydroxylation sites is 1. The van der Waals surface area contributed by atoms with Crippen LogP contribution < -0.4 is 11.2 Å². The fourth-order valence-electron chi connectivity index (χ4n) is 3.08. The fourth-order valence-corrected chi connectivity index (χ4v) is 3.08. The molecule has 0 radical (unpaired) electrons. The second-order valence-electron chi connectivity index (χ2n) is 5.71. The van der Waals surface area contributed by atoms with Crippen molar-refractivity contribution >= 4 is 16.7 Å². The van der Waals surface area contributed by atoms with Gasteiger partial charge in [-0.25, -0.2) is 0 Å². The predicted octanol–water partition coefficient (Wildman–Crippen LogP) is 4.46. The molecule has 2 aliphatic rings. The van der Waals surface area contributed by atoms with Gasteiger partial charge in [-0.15, -0.1) is 0 Å². The SMILES string of the molecule is Cc1cc(N)ccc1-c1c2ccc(=O)cc-2oc2ccccc12. The molecule has 3 heteroatoms. The molecule has 0 bridgehead atoms. The minimum atomic E-state index is -0.0588. The number of aryl methyl sites for hydroxylation is 1. The first-order valence-electron chi connectivity index (χ1n) is 7.45.